The molecule has 0 aliphatic rings. The van der Waals surface area contributed by atoms with Gasteiger partial charge < -0.3 is 4.74 Å². The second kappa shape index (κ2) is 5.69. The number of carbonyl (C=O) groups is 1. The van der Waals surface area contributed by atoms with Crippen molar-refractivity contribution in [3.05, 3.63) is 12.3 Å². The first-order valence-corrected chi connectivity index (χ1v) is 3.36. The van der Waals surface area contributed by atoms with Crippen LogP contribution in [0, 0.1) is 0 Å². The molecule has 0 aromatic rings. The van der Waals surface area contributed by atoms with Crippen LogP contribution in [-0.2, 0) is 9.53 Å². The topological polar surface area (TPSA) is 26.3 Å². The van der Waals surface area contributed by atoms with Gasteiger partial charge >= 0.3 is 5.97 Å². The van der Waals surface area contributed by atoms with Crippen molar-refractivity contribution in [1.29, 1.82) is 0 Å². The Labute approximate surface area is 60.3 Å². The highest BCUT2D eigenvalue weighted by molar-refractivity contribution is 7.80. The van der Waals surface area contributed by atoms with Gasteiger partial charge in [-0.1, -0.05) is 6.08 Å². The monoisotopic (exact) mass is 146 g/mol. The van der Waals surface area contributed by atoms with E-state index in [0.717, 1.165) is 0 Å². The highest BCUT2D eigenvalue weighted by Gasteiger charge is 1.95. The third kappa shape index (κ3) is 5.43. The lowest BCUT2D eigenvalue weighted by molar-refractivity contribution is -0.137. The maximum atomic E-state index is 10.5. The van der Waals surface area contributed by atoms with Crippen molar-refractivity contribution in [2.75, 3.05) is 5.75 Å². The molecule has 0 heterocycles. The number of rotatable bonds is 3. The smallest absolute Gasteiger partial charge is 0.311 e. The molecule has 0 unspecified atom stereocenters. The summed E-state index contributed by atoms with van der Waals surface area (Å²) in [6, 6.07) is 0. The Morgan fingerprint density at radius 1 is 1.78 bits per heavy atom. The second-order valence-electron chi connectivity index (χ2n) is 1.43. The Kier molecular flexibility index (Phi) is 5.41. The normalized spacial score (nSPS) is 10.0. The third-order valence-corrected chi connectivity index (χ3v) is 0.875. The Morgan fingerprint density at radius 2 is 2.44 bits per heavy atom. The van der Waals surface area contributed by atoms with Crippen LogP contribution in [0.1, 0.15) is 13.3 Å². The fourth-order valence-corrected chi connectivity index (χ4v) is 0.477. The van der Waals surface area contributed by atoms with Crippen molar-refractivity contribution in [2.24, 2.45) is 0 Å². The van der Waals surface area contributed by atoms with Gasteiger partial charge in [-0.2, -0.15) is 12.6 Å². The van der Waals surface area contributed by atoms with Gasteiger partial charge in [0, 0.05) is 5.75 Å². The summed E-state index contributed by atoms with van der Waals surface area (Å²) in [7, 11) is 0. The molecule has 0 rings (SSSR count). The van der Waals surface area contributed by atoms with E-state index in [1.54, 1.807) is 13.0 Å². The molecule has 0 aliphatic heterocycles. The number of esters is 1. The second-order valence-corrected chi connectivity index (χ2v) is 1.88. The number of thiol groups is 1. The van der Waals surface area contributed by atoms with Gasteiger partial charge in [0.05, 0.1) is 12.7 Å². The van der Waals surface area contributed by atoms with E-state index in [-0.39, 0.29) is 5.97 Å². The molecular weight excluding hydrogens is 136 g/mol. The molecular formula is C6H10O2S. The highest BCUT2D eigenvalue weighted by atomic mass is 32.1. The number of carbonyl (C=O) groups excluding carboxylic acids is 1. The van der Waals surface area contributed by atoms with Crippen LogP contribution in [0.15, 0.2) is 12.3 Å². The van der Waals surface area contributed by atoms with Gasteiger partial charge in [-0.05, 0) is 6.92 Å². The molecule has 2 nitrogen and oxygen atoms in total. The first kappa shape index (κ1) is 8.56. The third-order valence-electron chi connectivity index (χ3n) is 0.651. The van der Waals surface area contributed by atoms with Crippen molar-refractivity contribution in [3.63, 3.8) is 0 Å². The molecule has 0 spiro atoms. The Bertz CT molecular complexity index is 110. The predicted octanol–water partition coefficient (Wildman–Crippen LogP) is 1.38. The van der Waals surface area contributed by atoms with Crippen molar-refractivity contribution in [3.8, 4) is 0 Å². The zero-order valence-corrected chi connectivity index (χ0v) is 6.23. The fraction of sp³-hybridized carbons (Fsp3) is 0.500. The summed E-state index contributed by atoms with van der Waals surface area (Å²) in [5, 5.41) is 0. The lowest BCUT2D eigenvalue weighted by atomic mass is 10.5. The van der Waals surface area contributed by atoms with E-state index >= 15 is 0 Å². The first-order valence-electron chi connectivity index (χ1n) is 2.72. The summed E-state index contributed by atoms with van der Waals surface area (Å²) < 4.78 is 4.56. The molecule has 0 bridgehead atoms. The number of hydrogen-bond donors (Lipinski definition) is 1. The summed E-state index contributed by atoms with van der Waals surface area (Å²) in [5.74, 6) is 0.305. The summed E-state index contributed by atoms with van der Waals surface area (Å²) in [5.41, 5.74) is 0. The molecule has 3 heteroatoms. The van der Waals surface area contributed by atoms with Crippen molar-refractivity contribution in [1.82, 2.24) is 0 Å². The SMILES string of the molecule is CC=COC(=O)CCS. The maximum Gasteiger partial charge on any atom is 0.311 e. The van der Waals surface area contributed by atoms with Crippen LogP contribution < -0.4 is 0 Å². The standard InChI is InChI=1S/C6H10O2S/c1-2-4-8-6(7)3-5-9/h2,4,9H,3,5H2,1H3. The van der Waals surface area contributed by atoms with Crippen molar-refractivity contribution in [2.45, 2.75) is 13.3 Å². The van der Waals surface area contributed by atoms with Crippen LogP contribution in [0.2, 0.25) is 0 Å². The molecule has 0 amide bonds. The van der Waals surface area contributed by atoms with Gasteiger partial charge in [0.15, 0.2) is 0 Å². The van der Waals surface area contributed by atoms with Crippen LogP contribution in [0.3, 0.4) is 0 Å². The zero-order chi connectivity index (χ0) is 7.11. The predicted molar refractivity (Wildman–Crippen MR) is 39.4 cm³/mol. The summed E-state index contributed by atoms with van der Waals surface area (Å²) >= 11 is 3.86. The van der Waals surface area contributed by atoms with Gasteiger partial charge in [0.1, 0.15) is 0 Å². The minimum absolute atomic E-state index is 0.233. The Morgan fingerprint density at radius 3 is 2.89 bits per heavy atom. The van der Waals surface area contributed by atoms with Crippen molar-refractivity contribution >= 4 is 18.6 Å². The lowest BCUT2D eigenvalue weighted by Crippen LogP contribution is -1.98. The fourth-order valence-electron chi connectivity index (χ4n) is 0.294. The Hall–Kier alpha value is -0.440. The quantitative estimate of drug-likeness (QED) is 0.370. The van der Waals surface area contributed by atoms with Crippen LogP contribution in [0.5, 0.6) is 0 Å². The molecule has 0 saturated heterocycles. The average molecular weight is 146 g/mol. The lowest BCUT2D eigenvalue weighted by Gasteiger charge is -1.92. The molecule has 0 saturated carbocycles. The largest absolute Gasteiger partial charge is 0.435 e. The number of hydrogen-bond acceptors (Lipinski definition) is 3. The molecule has 0 aromatic heterocycles. The number of allylic oxidation sites excluding steroid dienone is 1. The molecule has 0 radical (unpaired) electrons. The van der Waals surface area contributed by atoms with Gasteiger partial charge in [-0.3, -0.25) is 4.79 Å². The van der Waals surface area contributed by atoms with Gasteiger partial charge in [0.2, 0.25) is 0 Å². The molecule has 0 aliphatic carbocycles. The van der Waals surface area contributed by atoms with Crippen LogP contribution in [0.25, 0.3) is 0 Å². The molecule has 0 atom stereocenters. The van der Waals surface area contributed by atoms with Crippen molar-refractivity contribution < 1.29 is 9.53 Å². The summed E-state index contributed by atoms with van der Waals surface area (Å²) in [6.45, 7) is 1.79. The van der Waals surface area contributed by atoms with Gasteiger partial charge in [0.25, 0.3) is 0 Å². The summed E-state index contributed by atoms with van der Waals surface area (Å²) in [4.78, 5) is 10.5. The van der Waals surface area contributed by atoms with Gasteiger partial charge in [-0.25, -0.2) is 0 Å². The van der Waals surface area contributed by atoms with E-state index in [1.807, 2.05) is 0 Å². The molecule has 9 heavy (non-hydrogen) atoms. The highest BCUT2D eigenvalue weighted by Crippen LogP contribution is 1.88. The van der Waals surface area contributed by atoms with E-state index in [0.29, 0.717) is 12.2 Å². The van der Waals surface area contributed by atoms with Gasteiger partial charge in [-0.15, -0.1) is 0 Å². The first-order chi connectivity index (χ1) is 4.31. The Balaban J connectivity index is 3.27. The minimum atomic E-state index is -0.233. The van der Waals surface area contributed by atoms with E-state index in [4.69, 9.17) is 0 Å². The van der Waals surface area contributed by atoms with E-state index in [1.165, 1.54) is 6.26 Å². The average Bonchev–Trinajstić information content (AvgIpc) is 1.85. The maximum absolute atomic E-state index is 10.5. The van der Waals surface area contributed by atoms with E-state index in [9.17, 15) is 4.79 Å². The summed E-state index contributed by atoms with van der Waals surface area (Å²) in [6.07, 6.45) is 3.40. The van der Waals surface area contributed by atoms with Crippen LogP contribution in [0.4, 0.5) is 0 Å². The van der Waals surface area contributed by atoms with E-state index < -0.39 is 0 Å². The van der Waals surface area contributed by atoms with Crippen LogP contribution >= 0.6 is 12.6 Å². The zero-order valence-electron chi connectivity index (χ0n) is 5.33. The molecule has 0 aromatic carbocycles. The minimum Gasteiger partial charge on any atom is -0.435 e. The van der Waals surface area contributed by atoms with Crippen LogP contribution in [-0.4, -0.2) is 11.7 Å². The number of ether oxygens (including phenoxy) is 1. The molecule has 0 N–H and O–H groups in total. The molecule has 0 fully saturated rings. The van der Waals surface area contributed by atoms with E-state index in [2.05, 4.69) is 17.4 Å². The molecule has 52 valence electrons.